The number of halogens is 1. The van der Waals surface area contributed by atoms with Gasteiger partial charge in [0.15, 0.2) is 0 Å². The lowest BCUT2D eigenvalue weighted by molar-refractivity contribution is -0.151. The minimum absolute atomic E-state index is 0.0768. The molecule has 0 amide bonds. The highest BCUT2D eigenvalue weighted by atomic mass is 35.5. The highest BCUT2D eigenvalue weighted by Crippen LogP contribution is 2.26. The number of carbonyl (C=O) groups is 1. The molecule has 0 atom stereocenters. The SMILES string of the molecule is Cc1cc2oc(=O)cc(COC(=O)C3CCN(S(C)(=O)=O)CC3)c2cc1Cl. The molecule has 1 aliphatic rings. The molecular formula is C18H20ClNO6S. The number of aryl methyl sites for hydroxylation is 1. The van der Waals surface area contributed by atoms with Gasteiger partial charge in [-0.3, -0.25) is 4.79 Å². The maximum absolute atomic E-state index is 12.4. The van der Waals surface area contributed by atoms with Crippen molar-refractivity contribution in [2.45, 2.75) is 26.4 Å². The largest absolute Gasteiger partial charge is 0.461 e. The van der Waals surface area contributed by atoms with E-state index in [-0.39, 0.29) is 12.5 Å². The van der Waals surface area contributed by atoms with Gasteiger partial charge in [-0.2, -0.15) is 0 Å². The number of benzene rings is 1. The zero-order valence-electron chi connectivity index (χ0n) is 15.0. The van der Waals surface area contributed by atoms with Gasteiger partial charge in [0.2, 0.25) is 10.0 Å². The second-order valence-electron chi connectivity index (χ2n) is 6.73. The summed E-state index contributed by atoms with van der Waals surface area (Å²) in [5, 5.41) is 1.14. The molecule has 7 nitrogen and oxygen atoms in total. The van der Waals surface area contributed by atoms with Crippen LogP contribution in [-0.4, -0.2) is 38.0 Å². The lowest BCUT2D eigenvalue weighted by Crippen LogP contribution is -2.40. The fourth-order valence-electron chi connectivity index (χ4n) is 3.16. The van der Waals surface area contributed by atoms with Crippen molar-refractivity contribution in [3.05, 3.63) is 44.8 Å². The summed E-state index contributed by atoms with van der Waals surface area (Å²) in [4.78, 5) is 24.1. The van der Waals surface area contributed by atoms with Crippen molar-refractivity contribution in [3.63, 3.8) is 0 Å². The lowest BCUT2D eigenvalue weighted by atomic mass is 9.98. The minimum Gasteiger partial charge on any atom is -0.461 e. The molecule has 146 valence electrons. The van der Waals surface area contributed by atoms with E-state index in [1.54, 1.807) is 19.1 Å². The maximum atomic E-state index is 12.4. The Morgan fingerprint density at radius 1 is 1.30 bits per heavy atom. The van der Waals surface area contributed by atoms with E-state index in [2.05, 4.69) is 0 Å². The molecule has 27 heavy (non-hydrogen) atoms. The molecule has 9 heteroatoms. The highest BCUT2D eigenvalue weighted by Gasteiger charge is 2.30. The van der Waals surface area contributed by atoms with Crippen molar-refractivity contribution in [3.8, 4) is 0 Å². The molecule has 1 saturated heterocycles. The van der Waals surface area contributed by atoms with Gasteiger partial charge in [0.25, 0.3) is 0 Å². The molecular weight excluding hydrogens is 394 g/mol. The summed E-state index contributed by atoms with van der Waals surface area (Å²) in [5.74, 6) is -0.761. The fourth-order valence-corrected chi connectivity index (χ4v) is 4.20. The molecule has 0 bridgehead atoms. The molecule has 0 N–H and O–H groups in total. The van der Waals surface area contributed by atoms with Crippen molar-refractivity contribution in [2.75, 3.05) is 19.3 Å². The van der Waals surface area contributed by atoms with E-state index in [1.165, 1.54) is 10.4 Å². The molecule has 1 aliphatic heterocycles. The van der Waals surface area contributed by atoms with Gasteiger partial charge in [-0.1, -0.05) is 11.6 Å². The number of carbonyl (C=O) groups excluding carboxylic acids is 1. The standard InChI is InChI=1S/C18H20ClNO6S/c1-11-7-16-14(9-15(11)19)13(8-17(21)26-16)10-25-18(22)12-3-5-20(6-4-12)27(2,23)24/h7-9,12H,3-6,10H2,1-2H3. The molecule has 3 rings (SSSR count). The Kier molecular flexibility index (Phi) is 5.60. The number of sulfonamides is 1. The molecule has 0 unspecified atom stereocenters. The van der Waals surface area contributed by atoms with E-state index in [9.17, 15) is 18.0 Å². The van der Waals surface area contributed by atoms with Gasteiger partial charge in [0, 0.05) is 35.1 Å². The van der Waals surface area contributed by atoms with Gasteiger partial charge in [-0.05, 0) is 37.5 Å². The van der Waals surface area contributed by atoms with Crippen molar-refractivity contribution < 1.29 is 22.4 Å². The van der Waals surface area contributed by atoms with Crippen LogP contribution in [0.1, 0.15) is 24.0 Å². The van der Waals surface area contributed by atoms with E-state index in [0.717, 1.165) is 11.8 Å². The van der Waals surface area contributed by atoms with E-state index < -0.39 is 21.6 Å². The smallest absolute Gasteiger partial charge is 0.336 e. The number of esters is 1. The van der Waals surface area contributed by atoms with Crippen LogP contribution < -0.4 is 5.63 Å². The zero-order valence-corrected chi connectivity index (χ0v) is 16.6. The summed E-state index contributed by atoms with van der Waals surface area (Å²) in [6.45, 7) is 2.32. The average Bonchev–Trinajstić information content (AvgIpc) is 2.60. The predicted molar refractivity (Wildman–Crippen MR) is 101 cm³/mol. The van der Waals surface area contributed by atoms with Gasteiger partial charge in [0.05, 0.1) is 12.2 Å². The van der Waals surface area contributed by atoms with Crippen LogP contribution in [0.4, 0.5) is 0 Å². The summed E-state index contributed by atoms with van der Waals surface area (Å²) in [5.41, 5.74) is 1.15. The van der Waals surface area contributed by atoms with E-state index in [1.807, 2.05) is 0 Å². The van der Waals surface area contributed by atoms with Gasteiger partial charge in [-0.15, -0.1) is 0 Å². The first-order valence-electron chi connectivity index (χ1n) is 8.50. The normalized spacial score (nSPS) is 16.6. The molecule has 0 saturated carbocycles. The molecule has 1 aromatic carbocycles. The minimum atomic E-state index is -3.24. The van der Waals surface area contributed by atoms with E-state index in [4.69, 9.17) is 20.8 Å². The van der Waals surface area contributed by atoms with Crippen LogP contribution in [0.15, 0.2) is 27.4 Å². The highest BCUT2D eigenvalue weighted by molar-refractivity contribution is 7.88. The third-order valence-corrected chi connectivity index (χ3v) is 6.45. The molecule has 0 aliphatic carbocycles. The van der Waals surface area contributed by atoms with Crippen molar-refractivity contribution in [2.24, 2.45) is 5.92 Å². The zero-order chi connectivity index (χ0) is 19.8. The summed E-state index contributed by atoms with van der Waals surface area (Å²) in [6, 6.07) is 4.64. The average molecular weight is 414 g/mol. The summed E-state index contributed by atoms with van der Waals surface area (Å²) in [7, 11) is -3.24. The third kappa shape index (κ3) is 4.51. The second-order valence-corrected chi connectivity index (χ2v) is 9.12. The van der Waals surface area contributed by atoms with E-state index in [0.29, 0.717) is 47.5 Å². The van der Waals surface area contributed by atoms with Crippen LogP contribution in [0.5, 0.6) is 0 Å². The summed E-state index contributed by atoms with van der Waals surface area (Å²) < 4.78 is 35.0. The number of hydrogen-bond acceptors (Lipinski definition) is 6. The van der Waals surface area contributed by atoms with Crippen LogP contribution in [0, 0.1) is 12.8 Å². The first-order valence-corrected chi connectivity index (χ1v) is 10.7. The third-order valence-electron chi connectivity index (χ3n) is 4.74. The number of fused-ring (bicyclic) bond motifs is 1. The van der Waals surface area contributed by atoms with Crippen LogP contribution in [0.3, 0.4) is 0 Å². The number of hydrogen-bond donors (Lipinski definition) is 0. The Hall–Kier alpha value is -1.90. The van der Waals surface area contributed by atoms with Crippen LogP contribution >= 0.6 is 11.6 Å². The quantitative estimate of drug-likeness (QED) is 0.564. The Bertz CT molecular complexity index is 1040. The first kappa shape index (κ1) is 19.9. The van der Waals surface area contributed by atoms with Crippen LogP contribution in [0.25, 0.3) is 11.0 Å². The molecule has 0 spiro atoms. The lowest BCUT2D eigenvalue weighted by Gasteiger charge is -2.28. The van der Waals surface area contributed by atoms with Gasteiger partial charge < -0.3 is 9.15 Å². The number of piperidine rings is 1. The van der Waals surface area contributed by atoms with Crippen molar-refractivity contribution >= 4 is 38.6 Å². The fraction of sp³-hybridized carbons (Fsp3) is 0.444. The molecule has 2 heterocycles. The Morgan fingerprint density at radius 2 is 1.96 bits per heavy atom. The first-order chi connectivity index (χ1) is 12.6. The monoisotopic (exact) mass is 413 g/mol. The number of rotatable bonds is 4. The van der Waals surface area contributed by atoms with E-state index >= 15 is 0 Å². The Labute approximate surface area is 161 Å². The van der Waals surface area contributed by atoms with Crippen molar-refractivity contribution in [1.82, 2.24) is 4.31 Å². The molecule has 1 fully saturated rings. The predicted octanol–water partition coefficient (Wildman–Crippen LogP) is 2.47. The Morgan fingerprint density at radius 3 is 2.59 bits per heavy atom. The summed E-state index contributed by atoms with van der Waals surface area (Å²) in [6.07, 6.45) is 1.98. The van der Waals surface area contributed by atoms with Gasteiger partial charge >= 0.3 is 11.6 Å². The van der Waals surface area contributed by atoms with Crippen LogP contribution in [-0.2, 0) is 26.2 Å². The molecule has 1 aromatic heterocycles. The molecule has 0 radical (unpaired) electrons. The van der Waals surface area contributed by atoms with Gasteiger partial charge in [-0.25, -0.2) is 17.5 Å². The number of nitrogens with zero attached hydrogens (tertiary/aromatic N) is 1. The van der Waals surface area contributed by atoms with Crippen molar-refractivity contribution in [1.29, 1.82) is 0 Å². The topological polar surface area (TPSA) is 93.9 Å². The number of ether oxygens (including phenoxy) is 1. The second kappa shape index (κ2) is 7.61. The molecule has 2 aromatic rings. The Balaban J connectivity index is 1.71. The van der Waals surface area contributed by atoms with Gasteiger partial charge in [0.1, 0.15) is 12.2 Å². The summed E-state index contributed by atoms with van der Waals surface area (Å²) >= 11 is 6.15. The van der Waals surface area contributed by atoms with Crippen LogP contribution in [0.2, 0.25) is 5.02 Å². The maximum Gasteiger partial charge on any atom is 0.336 e.